The van der Waals surface area contributed by atoms with Gasteiger partial charge >= 0.3 is 0 Å². The highest BCUT2D eigenvalue weighted by Gasteiger charge is 2.08. The van der Waals surface area contributed by atoms with E-state index in [1.165, 1.54) is 11.3 Å². The van der Waals surface area contributed by atoms with Gasteiger partial charge in [0.15, 0.2) is 5.13 Å². The molecule has 5 heteroatoms. The molecule has 0 aliphatic rings. The van der Waals surface area contributed by atoms with Gasteiger partial charge in [-0.05, 0) is 30.7 Å². The van der Waals surface area contributed by atoms with Crippen LogP contribution in [-0.2, 0) is 0 Å². The fourth-order valence-electron chi connectivity index (χ4n) is 1.89. The predicted molar refractivity (Wildman–Crippen MR) is 84.5 cm³/mol. The molecule has 1 N–H and O–H groups in total. The number of anilines is 1. The van der Waals surface area contributed by atoms with Crippen LogP contribution in [0, 0.1) is 6.92 Å². The largest absolute Gasteiger partial charge is 0.298 e. The number of nitrogens with one attached hydrogen (secondary N) is 1. The first kappa shape index (κ1) is 13.5. The number of pyridine rings is 1. The first-order valence-electron chi connectivity index (χ1n) is 6.46. The maximum atomic E-state index is 12.0. The molecule has 3 aromatic rings. The van der Waals surface area contributed by atoms with E-state index in [4.69, 9.17) is 0 Å². The lowest BCUT2D eigenvalue weighted by Gasteiger charge is -2.04. The number of benzene rings is 1. The lowest BCUT2D eigenvalue weighted by atomic mass is 10.1. The Morgan fingerprint density at radius 3 is 2.52 bits per heavy atom. The molecule has 21 heavy (non-hydrogen) atoms. The Morgan fingerprint density at radius 2 is 1.90 bits per heavy atom. The van der Waals surface area contributed by atoms with E-state index in [1.807, 2.05) is 42.8 Å². The minimum absolute atomic E-state index is 0.159. The zero-order valence-corrected chi connectivity index (χ0v) is 12.2. The van der Waals surface area contributed by atoms with Crippen LogP contribution in [0.25, 0.3) is 11.3 Å². The minimum Gasteiger partial charge on any atom is -0.298 e. The van der Waals surface area contributed by atoms with Crippen LogP contribution >= 0.6 is 11.3 Å². The van der Waals surface area contributed by atoms with Gasteiger partial charge in [-0.15, -0.1) is 11.3 Å². The molecule has 1 aromatic carbocycles. The summed E-state index contributed by atoms with van der Waals surface area (Å²) in [6.07, 6.45) is 3.49. The Labute approximate surface area is 126 Å². The third-order valence-electron chi connectivity index (χ3n) is 3.01. The van der Waals surface area contributed by atoms with E-state index in [0.717, 1.165) is 16.8 Å². The monoisotopic (exact) mass is 295 g/mol. The average molecular weight is 295 g/mol. The number of aromatic nitrogens is 2. The first-order chi connectivity index (χ1) is 10.2. The normalized spacial score (nSPS) is 10.3. The molecule has 2 heterocycles. The molecular weight excluding hydrogens is 282 g/mol. The van der Waals surface area contributed by atoms with E-state index in [1.54, 1.807) is 18.3 Å². The highest BCUT2D eigenvalue weighted by Crippen LogP contribution is 2.18. The minimum atomic E-state index is -0.159. The maximum Gasteiger partial charge on any atom is 0.257 e. The van der Waals surface area contributed by atoms with Gasteiger partial charge in [-0.2, -0.15) is 0 Å². The lowest BCUT2D eigenvalue weighted by molar-refractivity contribution is 0.102. The average Bonchev–Trinajstić information content (AvgIpc) is 3.01. The molecule has 0 spiro atoms. The summed E-state index contributed by atoms with van der Waals surface area (Å²) in [6, 6.07) is 11.4. The summed E-state index contributed by atoms with van der Waals surface area (Å²) in [5.41, 5.74) is 3.60. The molecule has 0 aliphatic carbocycles. The van der Waals surface area contributed by atoms with Crippen LogP contribution in [0.4, 0.5) is 5.13 Å². The molecule has 3 rings (SSSR count). The zero-order chi connectivity index (χ0) is 14.7. The van der Waals surface area contributed by atoms with Crippen LogP contribution in [0.5, 0.6) is 0 Å². The molecule has 0 saturated heterocycles. The van der Waals surface area contributed by atoms with E-state index in [0.29, 0.717) is 10.7 Å². The second-order valence-electron chi connectivity index (χ2n) is 4.59. The number of carbonyl (C=O) groups excluding carboxylic acids is 1. The number of hydrogen-bond acceptors (Lipinski definition) is 4. The molecule has 0 unspecified atom stereocenters. The Balaban J connectivity index is 1.77. The Hall–Kier alpha value is -2.53. The van der Waals surface area contributed by atoms with E-state index in [-0.39, 0.29) is 5.91 Å². The van der Waals surface area contributed by atoms with Gasteiger partial charge in [-0.1, -0.05) is 18.2 Å². The number of hydrogen-bond donors (Lipinski definition) is 1. The van der Waals surface area contributed by atoms with Crippen LogP contribution in [0.1, 0.15) is 15.9 Å². The predicted octanol–water partition coefficient (Wildman–Crippen LogP) is 3.77. The van der Waals surface area contributed by atoms with Gasteiger partial charge in [0.2, 0.25) is 0 Å². The number of amides is 1. The van der Waals surface area contributed by atoms with Crippen LogP contribution in [0.3, 0.4) is 0 Å². The number of nitrogens with zero attached hydrogens (tertiary/aromatic N) is 2. The van der Waals surface area contributed by atoms with E-state index < -0.39 is 0 Å². The lowest BCUT2D eigenvalue weighted by Crippen LogP contribution is -2.11. The zero-order valence-electron chi connectivity index (χ0n) is 11.4. The summed E-state index contributed by atoms with van der Waals surface area (Å²) in [4.78, 5) is 20.5. The summed E-state index contributed by atoms with van der Waals surface area (Å²) in [7, 11) is 0. The maximum absolute atomic E-state index is 12.0. The van der Waals surface area contributed by atoms with Crippen molar-refractivity contribution in [3.05, 3.63) is 65.3 Å². The summed E-state index contributed by atoms with van der Waals surface area (Å²) in [5, 5.41) is 5.18. The smallest absolute Gasteiger partial charge is 0.257 e. The summed E-state index contributed by atoms with van der Waals surface area (Å²) >= 11 is 1.39. The van der Waals surface area contributed by atoms with E-state index in [2.05, 4.69) is 15.3 Å². The van der Waals surface area contributed by atoms with Gasteiger partial charge in [0.05, 0.1) is 5.69 Å². The van der Waals surface area contributed by atoms with Gasteiger partial charge in [0, 0.05) is 28.9 Å². The molecule has 104 valence electrons. The van der Waals surface area contributed by atoms with Crippen molar-refractivity contribution in [3.8, 4) is 11.3 Å². The third kappa shape index (κ3) is 3.14. The fraction of sp³-hybridized carbons (Fsp3) is 0.0625. The van der Waals surface area contributed by atoms with E-state index >= 15 is 0 Å². The van der Waals surface area contributed by atoms with Gasteiger partial charge in [0.1, 0.15) is 0 Å². The number of carbonyl (C=O) groups is 1. The van der Waals surface area contributed by atoms with Gasteiger partial charge in [-0.3, -0.25) is 15.1 Å². The Morgan fingerprint density at radius 1 is 1.10 bits per heavy atom. The number of thiazole rings is 1. The van der Waals surface area contributed by atoms with Crippen molar-refractivity contribution in [2.45, 2.75) is 6.92 Å². The molecule has 0 saturated carbocycles. The topological polar surface area (TPSA) is 54.9 Å². The SMILES string of the molecule is Cc1ccc(-c2ccc(C(=O)Nc3nccs3)cc2)nc1. The standard InChI is InChI=1S/C16H13N3OS/c1-11-2-7-14(18-10-11)12-3-5-13(6-4-12)15(20)19-16-17-8-9-21-16/h2-10H,1H3,(H,17,19,20). The Kier molecular flexibility index (Phi) is 3.75. The van der Waals surface area contributed by atoms with Crippen molar-refractivity contribution in [2.24, 2.45) is 0 Å². The highest BCUT2D eigenvalue weighted by atomic mass is 32.1. The van der Waals surface area contributed by atoms with Gasteiger partial charge in [0.25, 0.3) is 5.91 Å². The molecule has 4 nitrogen and oxygen atoms in total. The first-order valence-corrected chi connectivity index (χ1v) is 7.34. The van der Waals surface area contributed by atoms with Crippen LogP contribution in [0.2, 0.25) is 0 Å². The molecule has 0 atom stereocenters. The summed E-state index contributed by atoms with van der Waals surface area (Å²) in [5.74, 6) is -0.159. The fourth-order valence-corrected chi connectivity index (χ4v) is 2.41. The molecule has 0 aliphatic heterocycles. The Bertz CT molecular complexity index is 734. The summed E-state index contributed by atoms with van der Waals surface area (Å²) in [6.45, 7) is 2.00. The van der Waals surface area contributed by atoms with Gasteiger partial charge < -0.3 is 0 Å². The van der Waals surface area contributed by atoms with Crippen LogP contribution in [0.15, 0.2) is 54.2 Å². The molecular formula is C16H13N3OS. The quantitative estimate of drug-likeness (QED) is 0.800. The van der Waals surface area contributed by atoms with Gasteiger partial charge in [-0.25, -0.2) is 4.98 Å². The van der Waals surface area contributed by atoms with Crippen molar-refractivity contribution < 1.29 is 4.79 Å². The summed E-state index contributed by atoms with van der Waals surface area (Å²) < 4.78 is 0. The number of aryl methyl sites for hydroxylation is 1. The molecule has 0 radical (unpaired) electrons. The number of rotatable bonds is 3. The van der Waals surface area contributed by atoms with Crippen molar-refractivity contribution in [2.75, 3.05) is 5.32 Å². The molecule has 2 aromatic heterocycles. The molecule has 0 bridgehead atoms. The van der Waals surface area contributed by atoms with Crippen molar-refractivity contribution in [1.82, 2.24) is 9.97 Å². The molecule has 1 amide bonds. The van der Waals surface area contributed by atoms with Crippen LogP contribution < -0.4 is 5.32 Å². The van der Waals surface area contributed by atoms with Crippen molar-refractivity contribution in [1.29, 1.82) is 0 Å². The second kappa shape index (κ2) is 5.85. The van der Waals surface area contributed by atoms with E-state index in [9.17, 15) is 4.79 Å². The third-order valence-corrected chi connectivity index (χ3v) is 3.70. The second-order valence-corrected chi connectivity index (χ2v) is 5.48. The van der Waals surface area contributed by atoms with Crippen LogP contribution in [-0.4, -0.2) is 15.9 Å². The van der Waals surface area contributed by atoms with Crippen molar-refractivity contribution in [3.63, 3.8) is 0 Å². The van der Waals surface area contributed by atoms with Crippen molar-refractivity contribution >= 4 is 22.4 Å². The highest BCUT2D eigenvalue weighted by molar-refractivity contribution is 7.13. The molecule has 0 fully saturated rings.